The van der Waals surface area contributed by atoms with Crippen molar-refractivity contribution in [3.05, 3.63) is 39.7 Å². The molecule has 0 aliphatic carbocycles. The molecule has 0 aliphatic heterocycles. The van der Waals surface area contributed by atoms with Gasteiger partial charge in [0.25, 0.3) is 5.91 Å². The third kappa shape index (κ3) is 2.56. The first-order valence-electron chi connectivity index (χ1n) is 5.54. The summed E-state index contributed by atoms with van der Waals surface area (Å²) in [5, 5.41) is 16.0. The van der Waals surface area contributed by atoms with Gasteiger partial charge in [0.15, 0.2) is 5.82 Å². The number of thiophene rings is 1. The van der Waals surface area contributed by atoms with Crippen molar-refractivity contribution in [3.8, 4) is 10.6 Å². The zero-order valence-electron chi connectivity index (χ0n) is 10.0. The molecule has 7 heteroatoms. The van der Waals surface area contributed by atoms with Gasteiger partial charge in [-0.25, -0.2) is 4.98 Å². The molecule has 0 aromatic carbocycles. The minimum absolute atomic E-state index is 0.246. The summed E-state index contributed by atoms with van der Waals surface area (Å²) in [6.07, 6.45) is 0. The van der Waals surface area contributed by atoms with Gasteiger partial charge < -0.3 is 5.32 Å². The first-order valence-corrected chi connectivity index (χ1v) is 7.36. The number of thiazole rings is 1. The zero-order valence-corrected chi connectivity index (χ0v) is 11.6. The summed E-state index contributed by atoms with van der Waals surface area (Å²) in [5.74, 6) is 0.261. The van der Waals surface area contributed by atoms with Crippen LogP contribution in [0, 0.1) is 6.92 Å². The Labute approximate surface area is 117 Å². The van der Waals surface area contributed by atoms with E-state index in [2.05, 4.69) is 20.5 Å². The van der Waals surface area contributed by atoms with Crippen LogP contribution in [0.2, 0.25) is 0 Å². The fourth-order valence-corrected chi connectivity index (χ4v) is 3.07. The number of carbonyl (C=O) groups is 1. The average Bonchev–Trinajstić information content (AvgIpc) is 3.08. The van der Waals surface area contributed by atoms with Crippen LogP contribution in [0.3, 0.4) is 0 Å². The van der Waals surface area contributed by atoms with Gasteiger partial charge in [-0.1, -0.05) is 0 Å². The van der Waals surface area contributed by atoms with Crippen LogP contribution in [-0.4, -0.2) is 21.1 Å². The van der Waals surface area contributed by atoms with Crippen molar-refractivity contribution < 1.29 is 4.79 Å². The molecule has 0 atom stereocenters. The van der Waals surface area contributed by atoms with Gasteiger partial charge in [-0.3, -0.25) is 9.89 Å². The molecule has 1 amide bonds. The number of hydrogen-bond donors (Lipinski definition) is 2. The summed E-state index contributed by atoms with van der Waals surface area (Å²) < 4.78 is 0. The Hall–Kier alpha value is -1.99. The highest BCUT2D eigenvalue weighted by molar-refractivity contribution is 7.14. The minimum atomic E-state index is -0.246. The highest BCUT2D eigenvalue weighted by Crippen LogP contribution is 2.25. The van der Waals surface area contributed by atoms with Gasteiger partial charge in [-0.15, -0.1) is 11.3 Å². The summed E-state index contributed by atoms with van der Waals surface area (Å²) in [5.41, 5.74) is 2.35. The van der Waals surface area contributed by atoms with Gasteiger partial charge in [0.1, 0.15) is 10.7 Å². The largest absolute Gasteiger partial charge is 0.304 e. The normalized spacial score (nSPS) is 10.6. The van der Waals surface area contributed by atoms with E-state index in [1.54, 1.807) is 22.8 Å². The fourth-order valence-electron chi connectivity index (χ4n) is 1.56. The lowest BCUT2D eigenvalue weighted by molar-refractivity contribution is 0.102. The molecule has 19 heavy (non-hydrogen) atoms. The Morgan fingerprint density at radius 3 is 3.00 bits per heavy atom. The SMILES string of the molecule is Cc1cc(NC(=O)c2csc(-c3ccsc3)n2)n[nH]1. The van der Waals surface area contributed by atoms with E-state index in [4.69, 9.17) is 0 Å². The van der Waals surface area contributed by atoms with E-state index in [0.29, 0.717) is 11.5 Å². The maximum absolute atomic E-state index is 12.0. The van der Waals surface area contributed by atoms with Crippen molar-refractivity contribution in [2.45, 2.75) is 6.92 Å². The number of aromatic amines is 1. The van der Waals surface area contributed by atoms with E-state index in [9.17, 15) is 4.79 Å². The molecule has 96 valence electrons. The van der Waals surface area contributed by atoms with E-state index in [-0.39, 0.29) is 5.91 Å². The monoisotopic (exact) mass is 290 g/mol. The Kier molecular flexibility index (Phi) is 3.14. The van der Waals surface area contributed by atoms with Gasteiger partial charge in [0, 0.05) is 28.1 Å². The smallest absolute Gasteiger partial charge is 0.276 e. The van der Waals surface area contributed by atoms with Crippen LogP contribution in [0.5, 0.6) is 0 Å². The highest BCUT2D eigenvalue weighted by Gasteiger charge is 2.13. The Balaban J connectivity index is 1.77. The molecule has 0 bridgehead atoms. The molecule has 0 radical (unpaired) electrons. The van der Waals surface area contributed by atoms with Gasteiger partial charge in [0.2, 0.25) is 0 Å². The number of H-pyrrole nitrogens is 1. The first kappa shape index (κ1) is 12.1. The van der Waals surface area contributed by atoms with E-state index in [0.717, 1.165) is 16.3 Å². The predicted octanol–water partition coefficient (Wildman–Crippen LogP) is 3.16. The number of hydrogen-bond acceptors (Lipinski definition) is 5. The van der Waals surface area contributed by atoms with Crippen LogP contribution < -0.4 is 5.32 Å². The van der Waals surface area contributed by atoms with Crippen LogP contribution >= 0.6 is 22.7 Å². The third-order valence-electron chi connectivity index (χ3n) is 2.45. The lowest BCUT2D eigenvalue weighted by Crippen LogP contribution is -2.12. The predicted molar refractivity (Wildman–Crippen MR) is 76.7 cm³/mol. The second-order valence-electron chi connectivity index (χ2n) is 3.94. The molecule has 0 saturated carbocycles. The van der Waals surface area contributed by atoms with Crippen LogP contribution in [-0.2, 0) is 0 Å². The molecule has 0 aliphatic rings. The molecule has 3 aromatic rings. The minimum Gasteiger partial charge on any atom is -0.304 e. The number of aryl methyl sites for hydroxylation is 1. The lowest BCUT2D eigenvalue weighted by atomic mass is 10.3. The lowest BCUT2D eigenvalue weighted by Gasteiger charge is -1.96. The highest BCUT2D eigenvalue weighted by atomic mass is 32.1. The molecule has 3 rings (SSSR count). The number of nitrogens with zero attached hydrogens (tertiary/aromatic N) is 2. The third-order valence-corrected chi connectivity index (χ3v) is 4.03. The average molecular weight is 290 g/mol. The van der Waals surface area contributed by atoms with Gasteiger partial charge in [0.05, 0.1) is 0 Å². The molecule has 5 nitrogen and oxygen atoms in total. The summed E-state index contributed by atoms with van der Waals surface area (Å²) in [6.45, 7) is 1.88. The van der Waals surface area contributed by atoms with Gasteiger partial charge in [-0.2, -0.15) is 16.4 Å². The molecule has 2 N–H and O–H groups in total. The number of nitrogens with one attached hydrogen (secondary N) is 2. The number of aromatic nitrogens is 3. The van der Waals surface area contributed by atoms with E-state index in [1.165, 1.54) is 11.3 Å². The second kappa shape index (κ2) is 4.94. The number of anilines is 1. The molecular weight excluding hydrogens is 280 g/mol. The Morgan fingerprint density at radius 1 is 1.42 bits per heavy atom. The maximum Gasteiger partial charge on any atom is 0.276 e. The van der Waals surface area contributed by atoms with Crippen LogP contribution in [0.25, 0.3) is 10.6 Å². The van der Waals surface area contributed by atoms with Crippen molar-refractivity contribution in [1.82, 2.24) is 15.2 Å². The summed E-state index contributed by atoms with van der Waals surface area (Å²) in [7, 11) is 0. The first-order chi connectivity index (χ1) is 9.22. The Bertz CT molecular complexity index is 699. The molecule has 0 fully saturated rings. The van der Waals surface area contributed by atoms with Crippen molar-refractivity contribution in [1.29, 1.82) is 0 Å². The van der Waals surface area contributed by atoms with Gasteiger partial charge in [-0.05, 0) is 18.4 Å². The second-order valence-corrected chi connectivity index (χ2v) is 5.58. The standard InChI is InChI=1S/C12H10N4OS2/c1-7-4-10(16-15-7)14-11(17)9-6-19-12(13-9)8-2-3-18-5-8/h2-6H,1H3,(H2,14,15,16,17). The molecule has 3 aromatic heterocycles. The van der Waals surface area contributed by atoms with Crippen molar-refractivity contribution in [3.63, 3.8) is 0 Å². The Morgan fingerprint density at radius 2 is 2.32 bits per heavy atom. The van der Waals surface area contributed by atoms with E-state index >= 15 is 0 Å². The maximum atomic E-state index is 12.0. The van der Waals surface area contributed by atoms with Crippen molar-refractivity contribution >= 4 is 34.4 Å². The molecule has 0 saturated heterocycles. The number of rotatable bonds is 3. The van der Waals surface area contributed by atoms with Crippen LogP contribution in [0.4, 0.5) is 5.82 Å². The fraction of sp³-hybridized carbons (Fsp3) is 0.0833. The van der Waals surface area contributed by atoms with Crippen LogP contribution in [0.15, 0.2) is 28.3 Å². The number of carbonyl (C=O) groups excluding carboxylic acids is 1. The zero-order chi connectivity index (χ0) is 13.2. The van der Waals surface area contributed by atoms with E-state index in [1.807, 2.05) is 23.8 Å². The number of amides is 1. The molecular formula is C12H10N4OS2. The van der Waals surface area contributed by atoms with Crippen molar-refractivity contribution in [2.24, 2.45) is 0 Å². The molecule has 0 unspecified atom stereocenters. The summed E-state index contributed by atoms with van der Waals surface area (Å²) in [6, 6.07) is 3.76. The van der Waals surface area contributed by atoms with Crippen molar-refractivity contribution in [2.75, 3.05) is 5.32 Å². The molecule has 3 heterocycles. The quantitative estimate of drug-likeness (QED) is 0.778. The molecule has 0 spiro atoms. The van der Waals surface area contributed by atoms with Gasteiger partial charge >= 0.3 is 0 Å². The topological polar surface area (TPSA) is 70.7 Å². The summed E-state index contributed by atoms with van der Waals surface area (Å²) in [4.78, 5) is 16.3. The van der Waals surface area contributed by atoms with Crippen LogP contribution in [0.1, 0.15) is 16.2 Å². The summed E-state index contributed by atoms with van der Waals surface area (Å²) >= 11 is 3.07. The van der Waals surface area contributed by atoms with E-state index < -0.39 is 0 Å².